The van der Waals surface area contributed by atoms with Gasteiger partial charge in [0.1, 0.15) is 11.3 Å². The van der Waals surface area contributed by atoms with E-state index in [9.17, 15) is 9.59 Å². The summed E-state index contributed by atoms with van der Waals surface area (Å²) in [6.07, 6.45) is 1.42. The minimum Gasteiger partial charge on any atom is -0.467 e. The lowest BCUT2D eigenvalue weighted by atomic mass is 10.2. The fraction of sp³-hybridized carbons (Fsp3) is 0.250. The summed E-state index contributed by atoms with van der Waals surface area (Å²) in [5, 5.41) is 3.37. The fourth-order valence-corrected chi connectivity index (χ4v) is 2.16. The summed E-state index contributed by atoms with van der Waals surface area (Å²) in [5.74, 6) is -0.188. The molecule has 0 saturated heterocycles. The highest BCUT2D eigenvalue weighted by Gasteiger charge is 2.17. The monoisotopic (exact) mass is 336 g/mol. The lowest BCUT2D eigenvalue weighted by Crippen LogP contribution is -2.30. The van der Waals surface area contributed by atoms with E-state index in [2.05, 4.69) is 10.1 Å². The third-order valence-electron chi connectivity index (χ3n) is 3.11. The van der Waals surface area contributed by atoms with Crippen molar-refractivity contribution in [3.8, 4) is 0 Å². The molecule has 23 heavy (non-hydrogen) atoms. The second-order valence-corrected chi connectivity index (χ2v) is 5.41. The van der Waals surface area contributed by atoms with Crippen molar-refractivity contribution in [2.45, 2.75) is 6.54 Å². The lowest BCUT2D eigenvalue weighted by Gasteiger charge is -2.15. The Morgan fingerprint density at radius 2 is 1.96 bits per heavy atom. The molecule has 0 radical (unpaired) electrons. The minimum atomic E-state index is -0.465. The third-order valence-corrected chi connectivity index (χ3v) is 3.36. The van der Waals surface area contributed by atoms with Crippen molar-refractivity contribution >= 4 is 29.2 Å². The lowest BCUT2D eigenvalue weighted by molar-refractivity contribution is -0.117. The maximum atomic E-state index is 12.0. The van der Waals surface area contributed by atoms with Gasteiger partial charge in [-0.3, -0.25) is 9.69 Å². The number of esters is 1. The van der Waals surface area contributed by atoms with Gasteiger partial charge in [0.2, 0.25) is 5.91 Å². The highest BCUT2D eigenvalue weighted by molar-refractivity contribution is 6.30. The average molecular weight is 337 g/mol. The first kappa shape index (κ1) is 17.1. The molecule has 0 aliphatic rings. The Morgan fingerprint density at radius 3 is 2.61 bits per heavy atom. The number of amides is 1. The summed E-state index contributed by atoms with van der Waals surface area (Å²) in [4.78, 5) is 25.3. The van der Waals surface area contributed by atoms with Crippen molar-refractivity contribution < 1.29 is 18.7 Å². The van der Waals surface area contributed by atoms with Crippen LogP contribution in [0.2, 0.25) is 5.02 Å². The first-order valence-corrected chi connectivity index (χ1v) is 7.26. The van der Waals surface area contributed by atoms with Crippen LogP contribution >= 0.6 is 11.6 Å². The summed E-state index contributed by atoms with van der Waals surface area (Å²) >= 11 is 5.80. The average Bonchev–Trinajstić information content (AvgIpc) is 2.96. The van der Waals surface area contributed by atoms with Crippen molar-refractivity contribution in [3.63, 3.8) is 0 Å². The first-order chi connectivity index (χ1) is 11.0. The van der Waals surface area contributed by atoms with Crippen LogP contribution in [0, 0.1) is 0 Å². The number of anilines is 1. The van der Waals surface area contributed by atoms with E-state index in [1.54, 1.807) is 42.3 Å². The zero-order valence-electron chi connectivity index (χ0n) is 12.8. The molecule has 0 aliphatic carbocycles. The summed E-state index contributed by atoms with van der Waals surface area (Å²) in [6, 6.07) is 8.39. The molecule has 1 amide bonds. The van der Waals surface area contributed by atoms with Crippen LogP contribution in [0.1, 0.15) is 16.1 Å². The van der Waals surface area contributed by atoms with Crippen LogP contribution in [0.5, 0.6) is 0 Å². The Labute approximate surface area is 139 Å². The molecule has 0 aliphatic heterocycles. The topological polar surface area (TPSA) is 71.8 Å². The summed E-state index contributed by atoms with van der Waals surface area (Å²) in [6.45, 7) is 0.454. The van der Waals surface area contributed by atoms with Crippen molar-refractivity contribution in [1.29, 1.82) is 0 Å². The molecular formula is C16H17ClN2O4. The minimum absolute atomic E-state index is 0.143. The van der Waals surface area contributed by atoms with Crippen LogP contribution in [0.4, 0.5) is 5.69 Å². The van der Waals surface area contributed by atoms with E-state index >= 15 is 0 Å². The number of nitrogens with one attached hydrogen (secondary N) is 1. The molecule has 122 valence electrons. The zero-order valence-corrected chi connectivity index (χ0v) is 13.6. The van der Waals surface area contributed by atoms with E-state index in [1.165, 1.54) is 13.4 Å². The molecule has 0 saturated carbocycles. The molecular weight excluding hydrogens is 320 g/mol. The molecule has 0 spiro atoms. The number of nitrogens with zero attached hydrogens (tertiary/aromatic N) is 1. The highest BCUT2D eigenvalue weighted by atomic mass is 35.5. The molecule has 7 heteroatoms. The van der Waals surface area contributed by atoms with Gasteiger partial charge in [0, 0.05) is 10.7 Å². The van der Waals surface area contributed by atoms with E-state index < -0.39 is 5.97 Å². The predicted octanol–water partition coefficient (Wildman–Crippen LogP) is 2.79. The van der Waals surface area contributed by atoms with Gasteiger partial charge in [0.25, 0.3) is 0 Å². The van der Waals surface area contributed by atoms with Crippen LogP contribution in [0.25, 0.3) is 0 Å². The number of halogens is 1. The summed E-state index contributed by atoms with van der Waals surface area (Å²) in [7, 11) is 3.06. The Kier molecular flexibility index (Phi) is 5.78. The van der Waals surface area contributed by atoms with Gasteiger partial charge in [-0.25, -0.2) is 4.79 Å². The number of carbonyl (C=O) groups excluding carboxylic acids is 2. The Balaban J connectivity index is 1.90. The molecule has 6 nitrogen and oxygen atoms in total. The van der Waals surface area contributed by atoms with Crippen LogP contribution in [-0.4, -0.2) is 37.5 Å². The highest BCUT2D eigenvalue weighted by Crippen LogP contribution is 2.15. The quantitative estimate of drug-likeness (QED) is 0.821. The molecule has 2 aromatic rings. The molecule has 2 rings (SSSR count). The first-order valence-electron chi connectivity index (χ1n) is 6.88. The van der Waals surface area contributed by atoms with Gasteiger partial charge >= 0.3 is 5.97 Å². The largest absolute Gasteiger partial charge is 0.467 e. The molecule has 0 fully saturated rings. The molecule has 1 aromatic heterocycles. The number of likely N-dealkylation sites (N-methyl/N-ethyl adjacent to an activating group) is 1. The van der Waals surface area contributed by atoms with Gasteiger partial charge in [-0.15, -0.1) is 0 Å². The SMILES string of the molecule is COC(=O)c1ccoc1CN(C)CC(=O)Nc1ccc(Cl)cc1. The van der Waals surface area contributed by atoms with Gasteiger partial charge in [-0.2, -0.15) is 0 Å². The maximum absolute atomic E-state index is 12.0. The van der Waals surface area contributed by atoms with E-state index in [1.807, 2.05) is 0 Å². The van der Waals surface area contributed by atoms with Gasteiger partial charge in [-0.05, 0) is 37.4 Å². The van der Waals surface area contributed by atoms with E-state index in [0.717, 1.165) is 0 Å². The van der Waals surface area contributed by atoms with Crippen molar-refractivity contribution in [2.75, 3.05) is 26.0 Å². The molecule has 1 heterocycles. The van der Waals surface area contributed by atoms with Crippen LogP contribution in [0.15, 0.2) is 41.0 Å². The number of hydrogen-bond donors (Lipinski definition) is 1. The third kappa shape index (κ3) is 4.84. The molecule has 0 unspecified atom stereocenters. The molecule has 1 N–H and O–H groups in total. The van der Waals surface area contributed by atoms with E-state index in [0.29, 0.717) is 28.6 Å². The van der Waals surface area contributed by atoms with Gasteiger partial charge in [0.15, 0.2) is 0 Å². The number of benzene rings is 1. The maximum Gasteiger partial charge on any atom is 0.341 e. The van der Waals surface area contributed by atoms with Gasteiger partial charge in [-0.1, -0.05) is 11.6 Å². The Hall–Kier alpha value is -2.31. The van der Waals surface area contributed by atoms with Gasteiger partial charge < -0.3 is 14.5 Å². The molecule has 1 aromatic carbocycles. The Bertz CT molecular complexity index is 682. The predicted molar refractivity (Wildman–Crippen MR) is 86.5 cm³/mol. The molecule has 0 atom stereocenters. The van der Waals surface area contributed by atoms with Crippen molar-refractivity contribution in [3.05, 3.63) is 52.9 Å². The summed E-state index contributed by atoms with van der Waals surface area (Å²) in [5.41, 5.74) is 1.03. The number of ether oxygens (including phenoxy) is 1. The van der Waals surface area contributed by atoms with Crippen LogP contribution < -0.4 is 5.32 Å². The number of methoxy groups -OCH3 is 1. The fourth-order valence-electron chi connectivity index (χ4n) is 2.03. The second-order valence-electron chi connectivity index (χ2n) is 4.98. The number of hydrogen-bond acceptors (Lipinski definition) is 5. The number of rotatable bonds is 6. The normalized spacial score (nSPS) is 10.6. The number of carbonyl (C=O) groups is 2. The van der Waals surface area contributed by atoms with Gasteiger partial charge in [0.05, 0.1) is 26.5 Å². The second kappa shape index (κ2) is 7.80. The Morgan fingerprint density at radius 1 is 1.26 bits per heavy atom. The number of furan rings is 1. The van der Waals surface area contributed by atoms with Crippen LogP contribution in [0.3, 0.4) is 0 Å². The summed E-state index contributed by atoms with van der Waals surface area (Å²) < 4.78 is 9.96. The smallest absolute Gasteiger partial charge is 0.341 e. The van der Waals surface area contributed by atoms with E-state index in [-0.39, 0.29) is 12.5 Å². The van der Waals surface area contributed by atoms with Crippen molar-refractivity contribution in [2.24, 2.45) is 0 Å². The van der Waals surface area contributed by atoms with E-state index in [4.69, 9.17) is 16.0 Å². The van der Waals surface area contributed by atoms with Crippen molar-refractivity contribution in [1.82, 2.24) is 4.90 Å². The standard InChI is InChI=1S/C16H17ClN2O4/c1-19(9-14-13(7-8-23-14)16(21)22-2)10-15(20)18-12-5-3-11(17)4-6-12/h3-8H,9-10H2,1-2H3,(H,18,20). The molecule has 0 bridgehead atoms. The van der Waals surface area contributed by atoms with Crippen LogP contribution in [-0.2, 0) is 16.1 Å². The zero-order chi connectivity index (χ0) is 16.8.